The molecule has 0 saturated carbocycles. The highest BCUT2D eigenvalue weighted by molar-refractivity contribution is 5.85. The summed E-state index contributed by atoms with van der Waals surface area (Å²) in [5, 5.41) is 0. The van der Waals surface area contributed by atoms with Crippen molar-refractivity contribution in [3.05, 3.63) is 48.5 Å². The van der Waals surface area contributed by atoms with Crippen molar-refractivity contribution in [2.45, 2.75) is 13.3 Å². The van der Waals surface area contributed by atoms with Crippen molar-refractivity contribution in [2.24, 2.45) is 0 Å². The second kappa shape index (κ2) is 7.20. The maximum Gasteiger partial charge on any atom is 0.0407 e. The SMILES string of the molecule is CCc1cc(-c2ccncc2)ccn1.Cl.Cl. The summed E-state index contributed by atoms with van der Waals surface area (Å²) < 4.78 is 0. The van der Waals surface area contributed by atoms with Crippen LogP contribution in [-0.2, 0) is 6.42 Å². The zero-order valence-corrected chi connectivity index (χ0v) is 10.6. The predicted octanol–water partition coefficient (Wildman–Crippen LogP) is 3.55. The fraction of sp³-hybridized carbons (Fsp3) is 0.167. The van der Waals surface area contributed by atoms with Crippen LogP contribution in [-0.4, -0.2) is 9.97 Å². The standard InChI is InChI=1S/C12H12N2.2ClH/c1-2-12-9-11(5-8-14-12)10-3-6-13-7-4-10;;/h3-9H,2H2,1H3;2*1H. The van der Waals surface area contributed by atoms with E-state index in [0.717, 1.165) is 12.1 Å². The number of hydrogen-bond donors (Lipinski definition) is 0. The van der Waals surface area contributed by atoms with E-state index in [0.29, 0.717) is 0 Å². The first-order chi connectivity index (χ1) is 6.90. The molecule has 2 nitrogen and oxygen atoms in total. The minimum atomic E-state index is 0. The summed E-state index contributed by atoms with van der Waals surface area (Å²) in [5.74, 6) is 0. The molecule has 4 heteroatoms. The Morgan fingerprint density at radius 2 is 1.56 bits per heavy atom. The first kappa shape index (κ1) is 14.9. The van der Waals surface area contributed by atoms with Gasteiger partial charge in [0.25, 0.3) is 0 Å². The fourth-order valence-corrected chi connectivity index (χ4v) is 1.40. The number of nitrogens with zero attached hydrogens (tertiary/aromatic N) is 2. The molecule has 0 N–H and O–H groups in total. The first-order valence-corrected chi connectivity index (χ1v) is 4.75. The third-order valence-corrected chi connectivity index (χ3v) is 2.19. The van der Waals surface area contributed by atoms with Gasteiger partial charge in [0.2, 0.25) is 0 Å². The Kier molecular flexibility index (Phi) is 6.70. The predicted molar refractivity (Wildman–Crippen MR) is 71.3 cm³/mol. The Hall–Kier alpha value is -1.12. The van der Waals surface area contributed by atoms with E-state index < -0.39 is 0 Å². The Labute approximate surface area is 108 Å². The van der Waals surface area contributed by atoms with E-state index in [4.69, 9.17) is 0 Å². The second-order valence-corrected chi connectivity index (χ2v) is 3.13. The summed E-state index contributed by atoms with van der Waals surface area (Å²) in [6.45, 7) is 2.11. The molecule has 2 aromatic heterocycles. The molecule has 0 atom stereocenters. The summed E-state index contributed by atoms with van der Waals surface area (Å²) in [7, 11) is 0. The molecule has 0 aromatic carbocycles. The first-order valence-electron chi connectivity index (χ1n) is 4.75. The van der Waals surface area contributed by atoms with E-state index in [1.165, 1.54) is 11.1 Å². The molecule has 0 unspecified atom stereocenters. The minimum absolute atomic E-state index is 0. The van der Waals surface area contributed by atoms with Crippen LogP contribution >= 0.6 is 24.8 Å². The summed E-state index contributed by atoms with van der Waals surface area (Å²) >= 11 is 0. The van der Waals surface area contributed by atoms with Crippen molar-refractivity contribution in [2.75, 3.05) is 0 Å². The average Bonchev–Trinajstić information content (AvgIpc) is 2.30. The van der Waals surface area contributed by atoms with Crippen LogP contribution in [0.5, 0.6) is 0 Å². The van der Waals surface area contributed by atoms with Gasteiger partial charge in [0.05, 0.1) is 0 Å². The number of hydrogen-bond acceptors (Lipinski definition) is 2. The lowest BCUT2D eigenvalue weighted by Gasteiger charge is -2.02. The van der Waals surface area contributed by atoms with Gasteiger partial charge in [-0.25, -0.2) is 0 Å². The molecule has 2 rings (SSSR count). The van der Waals surface area contributed by atoms with Gasteiger partial charge in [0.15, 0.2) is 0 Å². The number of aromatic nitrogens is 2. The Bertz CT molecular complexity index is 418. The number of halogens is 2. The van der Waals surface area contributed by atoms with Crippen molar-refractivity contribution in [1.82, 2.24) is 9.97 Å². The van der Waals surface area contributed by atoms with E-state index in [1.54, 1.807) is 12.4 Å². The van der Waals surface area contributed by atoms with Crippen LogP contribution < -0.4 is 0 Å². The highest BCUT2D eigenvalue weighted by Gasteiger charge is 1.97. The van der Waals surface area contributed by atoms with E-state index in [-0.39, 0.29) is 24.8 Å². The van der Waals surface area contributed by atoms with Gasteiger partial charge in [-0.3, -0.25) is 9.97 Å². The monoisotopic (exact) mass is 256 g/mol. The maximum absolute atomic E-state index is 4.27. The molecule has 0 saturated heterocycles. The molecule has 0 fully saturated rings. The molecule has 86 valence electrons. The molecule has 0 radical (unpaired) electrons. The summed E-state index contributed by atoms with van der Waals surface area (Å²) in [6.07, 6.45) is 6.44. The van der Waals surface area contributed by atoms with Gasteiger partial charge in [-0.15, -0.1) is 24.8 Å². The normalized spacial score (nSPS) is 8.81. The minimum Gasteiger partial charge on any atom is -0.265 e. The Balaban J connectivity index is 0.00000112. The van der Waals surface area contributed by atoms with Crippen LogP contribution in [0.4, 0.5) is 0 Å². The number of rotatable bonds is 2. The second-order valence-electron chi connectivity index (χ2n) is 3.13. The molecule has 0 aliphatic carbocycles. The third-order valence-electron chi connectivity index (χ3n) is 2.19. The molecule has 16 heavy (non-hydrogen) atoms. The van der Waals surface area contributed by atoms with Gasteiger partial charge in [-0.2, -0.15) is 0 Å². The zero-order valence-electron chi connectivity index (χ0n) is 8.96. The van der Waals surface area contributed by atoms with Crippen molar-refractivity contribution >= 4 is 24.8 Å². The van der Waals surface area contributed by atoms with Gasteiger partial charge >= 0.3 is 0 Å². The van der Waals surface area contributed by atoms with E-state index in [2.05, 4.69) is 23.0 Å². The van der Waals surface area contributed by atoms with E-state index in [9.17, 15) is 0 Å². The average molecular weight is 257 g/mol. The summed E-state index contributed by atoms with van der Waals surface area (Å²) in [4.78, 5) is 8.27. The van der Waals surface area contributed by atoms with E-state index in [1.807, 2.05) is 24.4 Å². The van der Waals surface area contributed by atoms with Crippen LogP contribution in [0, 0.1) is 0 Å². The summed E-state index contributed by atoms with van der Waals surface area (Å²) in [6, 6.07) is 8.16. The molecule has 0 amide bonds. The van der Waals surface area contributed by atoms with Crippen LogP contribution in [0.1, 0.15) is 12.6 Å². The lowest BCUT2D eigenvalue weighted by molar-refractivity contribution is 1.04. The zero-order chi connectivity index (χ0) is 9.80. The molecule has 0 bridgehead atoms. The fourth-order valence-electron chi connectivity index (χ4n) is 1.40. The smallest absolute Gasteiger partial charge is 0.0407 e. The van der Waals surface area contributed by atoms with Gasteiger partial charge < -0.3 is 0 Å². The number of pyridine rings is 2. The largest absolute Gasteiger partial charge is 0.265 e. The highest BCUT2D eigenvalue weighted by atomic mass is 35.5. The van der Waals surface area contributed by atoms with Crippen molar-refractivity contribution < 1.29 is 0 Å². The van der Waals surface area contributed by atoms with Crippen LogP contribution in [0.15, 0.2) is 42.9 Å². The van der Waals surface area contributed by atoms with Crippen molar-refractivity contribution in [3.63, 3.8) is 0 Å². The van der Waals surface area contributed by atoms with E-state index >= 15 is 0 Å². The van der Waals surface area contributed by atoms with Gasteiger partial charge in [-0.05, 0) is 41.8 Å². The van der Waals surface area contributed by atoms with Crippen LogP contribution in [0.2, 0.25) is 0 Å². The van der Waals surface area contributed by atoms with Crippen LogP contribution in [0.25, 0.3) is 11.1 Å². The van der Waals surface area contributed by atoms with Gasteiger partial charge in [0, 0.05) is 24.3 Å². The van der Waals surface area contributed by atoms with Gasteiger partial charge in [0.1, 0.15) is 0 Å². The summed E-state index contributed by atoms with van der Waals surface area (Å²) in [5.41, 5.74) is 3.52. The van der Waals surface area contributed by atoms with Crippen molar-refractivity contribution in [1.29, 1.82) is 0 Å². The molecular weight excluding hydrogens is 243 g/mol. The molecule has 0 aliphatic rings. The van der Waals surface area contributed by atoms with Crippen LogP contribution in [0.3, 0.4) is 0 Å². The topological polar surface area (TPSA) is 25.8 Å². The maximum atomic E-state index is 4.27. The van der Waals surface area contributed by atoms with Gasteiger partial charge in [-0.1, -0.05) is 6.92 Å². The molecular formula is C12H14Cl2N2. The molecule has 2 heterocycles. The number of aryl methyl sites for hydroxylation is 1. The Morgan fingerprint density at radius 3 is 2.19 bits per heavy atom. The lowest BCUT2D eigenvalue weighted by Crippen LogP contribution is -1.87. The van der Waals surface area contributed by atoms with Crippen molar-refractivity contribution in [3.8, 4) is 11.1 Å². The Morgan fingerprint density at radius 1 is 0.938 bits per heavy atom. The molecule has 0 spiro atoms. The molecule has 2 aromatic rings. The lowest BCUT2D eigenvalue weighted by atomic mass is 10.1. The quantitative estimate of drug-likeness (QED) is 0.822. The third kappa shape index (κ3) is 3.47. The highest BCUT2D eigenvalue weighted by Crippen LogP contribution is 2.18. The molecule has 0 aliphatic heterocycles.